The van der Waals surface area contributed by atoms with Gasteiger partial charge in [-0.1, -0.05) is 0 Å². The molecule has 1 amide bonds. The van der Waals surface area contributed by atoms with Gasteiger partial charge in [-0.2, -0.15) is 4.98 Å². The van der Waals surface area contributed by atoms with Gasteiger partial charge < -0.3 is 20.3 Å². The zero-order valence-corrected chi connectivity index (χ0v) is 17.7. The molecule has 1 aliphatic carbocycles. The Labute approximate surface area is 180 Å². The molecule has 2 aliphatic rings. The molecule has 0 bridgehead atoms. The molecule has 0 radical (unpaired) electrons. The lowest BCUT2D eigenvalue weighted by atomic mass is 10.2. The van der Waals surface area contributed by atoms with Gasteiger partial charge in [0, 0.05) is 25.3 Å². The second-order valence-electron chi connectivity index (χ2n) is 8.25. The number of nitrogens with zero attached hydrogens (tertiary/aromatic N) is 6. The molecule has 1 saturated carbocycles. The zero-order valence-electron chi connectivity index (χ0n) is 17.7. The number of hydrogen-bond acceptors (Lipinski definition) is 8. The van der Waals surface area contributed by atoms with Crippen LogP contribution >= 0.6 is 0 Å². The van der Waals surface area contributed by atoms with E-state index in [2.05, 4.69) is 35.5 Å². The van der Waals surface area contributed by atoms with Gasteiger partial charge >= 0.3 is 0 Å². The van der Waals surface area contributed by atoms with Crippen LogP contribution in [-0.2, 0) is 0 Å². The first-order valence-electron chi connectivity index (χ1n) is 10.6. The van der Waals surface area contributed by atoms with Gasteiger partial charge in [0.2, 0.25) is 5.65 Å². The number of rotatable bonds is 7. The van der Waals surface area contributed by atoms with E-state index in [0.29, 0.717) is 23.4 Å². The third kappa shape index (κ3) is 4.29. The molecular formula is C21H26N8O2. The fourth-order valence-corrected chi connectivity index (χ4v) is 3.86. The summed E-state index contributed by atoms with van der Waals surface area (Å²) in [4.78, 5) is 32.3. The van der Waals surface area contributed by atoms with Crippen LogP contribution in [0, 0.1) is 12.8 Å². The molecule has 162 valence electrons. The third-order valence-electron chi connectivity index (χ3n) is 5.74. The van der Waals surface area contributed by atoms with Crippen LogP contribution in [0.5, 0.6) is 5.88 Å². The van der Waals surface area contributed by atoms with Crippen LogP contribution in [0.3, 0.4) is 0 Å². The molecule has 1 aliphatic heterocycles. The summed E-state index contributed by atoms with van der Waals surface area (Å²) >= 11 is 0. The number of nitrogens with one attached hydrogen (secondary N) is 2. The van der Waals surface area contributed by atoms with E-state index >= 15 is 0 Å². The number of aryl methyl sites for hydroxylation is 1. The van der Waals surface area contributed by atoms with Gasteiger partial charge in [0.25, 0.3) is 11.8 Å². The lowest BCUT2D eigenvalue weighted by Gasteiger charge is -2.17. The highest BCUT2D eigenvalue weighted by atomic mass is 16.5. The number of carbonyl (C=O) groups excluding carboxylic acids is 1. The molecular weight excluding hydrogens is 396 g/mol. The van der Waals surface area contributed by atoms with Gasteiger partial charge in [-0.25, -0.2) is 15.0 Å². The minimum atomic E-state index is -0.379. The largest absolute Gasteiger partial charge is 0.478 e. The summed E-state index contributed by atoms with van der Waals surface area (Å²) in [6.07, 6.45) is 10.5. The maximum absolute atomic E-state index is 12.7. The van der Waals surface area contributed by atoms with Crippen molar-refractivity contribution in [2.45, 2.75) is 32.2 Å². The zero-order chi connectivity index (χ0) is 21.4. The van der Waals surface area contributed by atoms with E-state index in [1.165, 1.54) is 26.1 Å². The molecule has 3 aromatic heterocycles. The highest BCUT2D eigenvalue weighted by Gasteiger charge is 2.27. The van der Waals surface area contributed by atoms with E-state index in [1.807, 2.05) is 13.1 Å². The molecule has 31 heavy (non-hydrogen) atoms. The Kier molecular flexibility index (Phi) is 5.14. The molecule has 1 atom stereocenters. The van der Waals surface area contributed by atoms with E-state index in [1.54, 1.807) is 16.8 Å². The van der Waals surface area contributed by atoms with Gasteiger partial charge in [0.05, 0.1) is 31.4 Å². The monoisotopic (exact) mass is 422 g/mol. The Hall–Kier alpha value is -3.27. The molecule has 10 nitrogen and oxygen atoms in total. The van der Waals surface area contributed by atoms with E-state index < -0.39 is 0 Å². The fraction of sp³-hybridized carbons (Fsp3) is 0.476. The standard InChI is InChI=1S/C21H26N8O2/c1-13-10-29-12-17(27-21(31-2)19(29)25-13)26-20(30)16-8-24-18(9-23-16)28-6-5-15(11-28)22-7-14-3-4-14/h8-10,12,14-15,22H,3-7,11H2,1-2H3,(H,26,30)/t15-/m1/s1. The van der Waals surface area contributed by atoms with Gasteiger partial charge in [0.1, 0.15) is 11.5 Å². The Morgan fingerprint density at radius 1 is 1.19 bits per heavy atom. The lowest BCUT2D eigenvalue weighted by molar-refractivity contribution is 0.102. The predicted molar refractivity (Wildman–Crippen MR) is 116 cm³/mol. The number of carbonyl (C=O) groups is 1. The molecule has 2 fully saturated rings. The van der Waals surface area contributed by atoms with Crippen molar-refractivity contribution >= 4 is 23.2 Å². The lowest BCUT2D eigenvalue weighted by Crippen LogP contribution is -2.34. The van der Waals surface area contributed by atoms with Crippen LogP contribution in [0.2, 0.25) is 0 Å². The van der Waals surface area contributed by atoms with Crippen molar-refractivity contribution in [3.63, 3.8) is 0 Å². The van der Waals surface area contributed by atoms with Crippen molar-refractivity contribution in [1.82, 2.24) is 29.7 Å². The van der Waals surface area contributed by atoms with E-state index in [0.717, 1.165) is 43.5 Å². The molecule has 0 spiro atoms. The Morgan fingerprint density at radius 3 is 2.81 bits per heavy atom. The number of fused-ring (bicyclic) bond motifs is 1. The minimum Gasteiger partial charge on any atom is -0.478 e. The summed E-state index contributed by atoms with van der Waals surface area (Å²) in [6.45, 7) is 4.86. The third-order valence-corrected chi connectivity index (χ3v) is 5.74. The van der Waals surface area contributed by atoms with E-state index in [4.69, 9.17) is 4.74 Å². The maximum atomic E-state index is 12.7. The first kappa shape index (κ1) is 19.7. The van der Waals surface area contributed by atoms with Crippen LogP contribution in [0.25, 0.3) is 5.65 Å². The van der Waals surface area contributed by atoms with Crippen LogP contribution in [-0.4, -0.2) is 63.0 Å². The van der Waals surface area contributed by atoms with Crippen molar-refractivity contribution in [2.75, 3.05) is 37.0 Å². The molecule has 1 saturated heterocycles. The van der Waals surface area contributed by atoms with E-state index in [-0.39, 0.29) is 11.6 Å². The summed E-state index contributed by atoms with van der Waals surface area (Å²) in [5.41, 5.74) is 1.66. The minimum absolute atomic E-state index is 0.231. The molecule has 0 unspecified atom stereocenters. The molecule has 0 aromatic carbocycles. The van der Waals surface area contributed by atoms with Crippen molar-refractivity contribution in [3.05, 3.63) is 36.2 Å². The van der Waals surface area contributed by atoms with Gasteiger partial charge in [-0.15, -0.1) is 0 Å². The number of imidazole rings is 1. The fourth-order valence-electron chi connectivity index (χ4n) is 3.86. The summed E-state index contributed by atoms with van der Waals surface area (Å²) < 4.78 is 7.07. The van der Waals surface area contributed by atoms with E-state index in [9.17, 15) is 4.79 Å². The first-order chi connectivity index (χ1) is 15.1. The quantitative estimate of drug-likeness (QED) is 0.592. The Bertz CT molecular complexity index is 1090. The highest BCUT2D eigenvalue weighted by molar-refractivity contribution is 6.02. The molecule has 5 rings (SSSR count). The summed E-state index contributed by atoms with van der Waals surface area (Å²) in [7, 11) is 1.52. The average molecular weight is 422 g/mol. The van der Waals surface area contributed by atoms with Crippen LogP contribution in [0.4, 0.5) is 11.6 Å². The highest BCUT2D eigenvalue weighted by Crippen LogP contribution is 2.28. The number of aromatic nitrogens is 5. The Morgan fingerprint density at radius 2 is 2.06 bits per heavy atom. The van der Waals surface area contributed by atoms with Gasteiger partial charge in [-0.05, 0) is 38.6 Å². The second kappa shape index (κ2) is 8.10. The SMILES string of the molecule is COc1nc(NC(=O)c2cnc(N3CC[C@@H](NCC4CC4)C3)cn2)cn2cc(C)nc12. The number of amides is 1. The predicted octanol–water partition coefficient (Wildman–Crippen LogP) is 1.67. The number of methoxy groups -OCH3 is 1. The van der Waals surface area contributed by atoms with Gasteiger partial charge in [0.15, 0.2) is 5.82 Å². The van der Waals surface area contributed by atoms with Crippen LogP contribution in [0.15, 0.2) is 24.8 Å². The van der Waals surface area contributed by atoms with Crippen molar-refractivity contribution in [1.29, 1.82) is 0 Å². The van der Waals surface area contributed by atoms with Crippen LogP contribution in [0.1, 0.15) is 35.4 Å². The maximum Gasteiger partial charge on any atom is 0.277 e. The summed E-state index contributed by atoms with van der Waals surface area (Å²) in [6, 6.07) is 0.494. The van der Waals surface area contributed by atoms with Crippen LogP contribution < -0.4 is 20.3 Å². The van der Waals surface area contributed by atoms with Crippen molar-refractivity contribution < 1.29 is 9.53 Å². The smallest absolute Gasteiger partial charge is 0.277 e. The molecule has 4 heterocycles. The topological polar surface area (TPSA) is 110 Å². The molecule has 2 N–H and O–H groups in total. The number of anilines is 2. The second-order valence-corrected chi connectivity index (χ2v) is 8.25. The van der Waals surface area contributed by atoms with Gasteiger partial charge in [-0.3, -0.25) is 9.20 Å². The molecule has 10 heteroatoms. The normalized spacial score (nSPS) is 18.5. The van der Waals surface area contributed by atoms with Crippen molar-refractivity contribution in [2.24, 2.45) is 5.92 Å². The number of hydrogen-bond donors (Lipinski definition) is 2. The summed E-state index contributed by atoms with van der Waals surface area (Å²) in [5.74, 6) is 1.98. The number of ether oxygens (including phenoxy) is 1. The van der Waals surface area contributed by atoms with Crippen molar-refractivity contribution in [3.8, 4) is 5.88 Å². The average Bonchev–Trinajstić information content (AvgIpc) is 3.35. The molecule has 3 aromatic rings. The Balaban J connectivity index is 1.23. The first-order valence-corrected chi connectivity index (χ1v) is 10.6. The summed E-state index contributed by atoms with van der Waals surface area (Å²) in [5, 5.41) is 6.40.